The molecule has 0 aliphatic carbocycles. The van der Waals surface area contributed by atoms with Gasteiger partial charge in [0.2, 0.25) is 5.95 Å². The minimum Gasteiger partial charge on any atom is -0.337 e. The van der Waals surface area contributed by atoms with Crippen LogP contribution in [0.4, 0.5) is 14.7 Å². The summed E-state index contributed by atoms with van der Waals surface area (Å²) in [5.41, 5.74) is 0.201. The summed E-state index contributed by atoms with van der Waals surface area (Å²) in [6.07, 6.45) is 3.40. The first kappa shape index (κ1) is 23.0. The lowest BCUT2D eigenvalue weighted by Gasteiger charge is -2.34. The minimum atomic E-state index is -1.18. The summed E-state index contributed by atoms with van der Waals surface area (Å²) in [6, 6.07) is 9.32. The lowest BCUT2D eigenvalue weighted by atomic mass is 10.0. The molecule has 178 valence electrons. The van der Waals surface area contributed by atoms with E-state index in [4.69, 9.17) is 0 Å². The first-order valence-corrected chi connectivity index (χ1v) is 11.7. The number of fused-ring (bicyclic) bond motifs is 1. The number of hydrogen-bond acceptors (Lipinski definition) is 6. The molecule has 0 spiro atoms. The number of benzene rings is 2. The number of carbonyl (C=O) groups is 1. The highest BCUT2D eigenvalue weighted by atomic mass is 79.9. The molecule has 1 fully saturated rings. The van der Waals surface area contributed by atoms with Gasteiger partial charge in [-0.1, -0.05) is 18.2 Å². The van der Waals surface area contributed by atoms with Gasteiger partial charge in [0.05, 0.1) is 21.1 Å². The molecular formula is C24H19BrF2N6O2. The van der Waals surface area contributed by atoms with Crippen LogP contribution in [0.1, 0.15) is 21.6 Å². The highest BCUT2D eigenvalue weighted by Gasteiger charge is 2.27. The number of amides is 1. The largest absolute Gasteiger partial charge is 0.337 e. The SMILES string of the molecule is O=C(c1cc(Cc2n[nH]c(=O)c3ccccc23)cc(F)c1F)N1CCN(c2ncc(Br)cn2)CC1. The van der Waals surface area contributed by atoms with Crippen LogP contribution in [-0.4, -0.2) is 57.2 Å². The van der Waals surface area contributed by atoms with Crippen molar-refractivity contribution in [3.05, 3.63) is 92.1 Å². The predicted molar refractivity (Wildman–Crippen MR) is 129 cm³/mol. The van der Waals surface area contributed by atoms with Crippen molar-refractivity contribution < 1.29 is 13.6 Å². The van der Waals surface area contributed by atoms with E-state index in [1.807, 2.05) is 4.90 Å². The zero-order valence-electron chi connectivity index (χ0n) is 18.3. The number of rotatable bonds is 4. The fraction of sp³-hybridized carbons (Fsp3) is 0.208. The summed E-state index contributed by atoms with van der Waals surface area (Å²) in [5, 5.41) is 7.58. The summed E-state index contributed by atoms with van der Waals surface area (Å²) < 4.78 is 30.0. The standard InChI is InChI=1S/C24H19BrF2N6O2/c25-15-12-28-24(29-13-15)33-7-5-32(6-8-33)23(35)18-9-14(10-19(26)21(18)27)11-20-16-3-1-2-4-17(16)22(34)31-30-20/h1-4,9-10,12-13H,5-8,11H2,(H,31,34). The Bertz CT molecular complexity index is 1470. The number of H-pyrrole nitrogens is 1. The lowest BCUT2D eigenvalue weighted by molar-refractivity contribution is 0.0740. The van der Waals surface area contributed by atoms with E-state index in [1.54, 1.807) is 36.7 Å². The van der Waals surface area contributed by atoms with Gasteiger partial charge in [-0.3, -0.25) is 9.59 Å². The van der Waals surface area contributed by atoms with Gasteiger partial charge >= 0.3 is 0 Å². The van der Waals surface area contributed by atoms with Gasteiger partial charge in [-0.2, -0.15) is 5.10 Å². The van der Waals surface area contributed by atoms with Crippen molar-refractivity contribution in [1.29, 1.82) is 0 Å². The molecule has 35 heavy (non-hydrogen) atoms. The average Bonchev–Trinajstić information content (AvgIpc) is 2.88. The molecule has 5 rings (SSSR count). The normalized spacial score (nSPS) is 13.9. The molecule has 0 saturated carbocycles. The van der Waals surface area contributed by atoms with Crippen LogP contribution in [0.5, 0.6) is 0 Å². The van der Waals surface area contributed by atoms with E-state index >= 15 is 0 Å². The first-order chi connectivity index (χ1) is 16.9. The minimum absolute atomic E-state index is 0.115. The van der Waals surface area contributed by atoms with E-state index in [0.29, 0.717) is 54.2 Å². The van der Waals surface area contributed by atoms with Crippen molar-refractivity contribution in [2.45, 2.75) is 6.42 Å². The summed E-state index contributed by atoms with van der Waals surface area (Å²) >= 11 is 3.30. The van der Waals surface area contributed by atoms with Crippen LogP contribution in [0.2, 0.25) is 0 Å². The second-order valence-electron chi connectivity index (χ2n) is 8.14. The van der Waals surface area contributed by atoms with Gasteiger partial charge in [-0.15, -0.1) is 0 Å². The molecule has 8 nitrogen and oxygen atoms in total. The number of hydrogen-bond donors (Lipinski definition) is 1. The Hall–Kier alpha value is -3.73. The van der Waals surface area contributed by atoms with Crippen molar-refractivity contribution >= 4 is 38.6 Å². The number of carbonyl (C=O) groups excluding carboxylic acids is 1. The quantitative estimate of drug-likeness (QED) is 0.426. The summed E-state index contributed by atoms with van der Waals surface area (Å²) in [4.78, 5) is 37.1. The van der Waals surface area contributed by atoms with Gasteiger partial charge in [0.25, 0.3) is 11.5 Å². The van der Waals surface area contributed by atoms with E-state index in [0.717, 1.165) is 10.5 Å². The molecule has 2 aromatic carbocycles. The molecule has 3 heterocycles. The van der Waals surface area contributed by atoms with Crippen LogP contribution in [0, 0.1) is 11.6 Å². The number of nitrogens with one attached hydrogen (secondary N) is 1. The Balaban J connectivity index is 1.37. The predicted octanol–water partition coefficient (Wildman–Crippen LogP) is 3.31. The summed E-state index contributed by atoms with van der Waals surface area (Å²) in [6.45, 7) is 1.56. The molecule has 0 bridgehead atoms. The zero-order valence-corrected chi connectivity index (χ0v) is 19.9. The Morgan fingerprint density at radius 2 is 1.71 bits per heavy atom. The second kappa shape index (κ2) is 9.49. The number of aromatic nitrogens is 4. The fourth-order valence-corrected chi connectivity index (χ4v) is 4.36. The van der Waals surface area contributed by atoms with Crippen LogP contribution in [0.3, 0.4) is 0 Å². The van der Waals surface area contributed by atoms with E-state index in [-0.39, 0.29) is 17.5 Å². The number of halogens is 3. The first-order valence-electron chi connectivity index (χ1n) is 10.9. The molecule has 1 aliphatic rings. The number of anilines is 1. The maximum absolute atomic E-state index is 14.7. The van der Waals surface area contributed by atoms with Crippen molar-refractivity contribution in [2.75, 3.05) is 31.1 Å². The molecule has 1 aliphatic heterocycles. The van der Waals surface area contributed by atoms with Crippen LogP contribution in [-0.2, 0) is 6.42 Å². The molecule has 2 aromatic heterocycles. The molecule has 0 unspecified atom stereocenters. The Morgan fingerprint density at radius 3 is 2.43 bits per heavy atom. The zero-order chi connectivity index (χ0) is 24.5. The van der Waals surface area contributed by atoms with Crippen molar-refractivity contribution in [3.8, 4) is 0 Å². The third-order valence-electron chi connectivity index (χ3n) is 5.92. The van der Waals surface area contributed by atoms with Crippen LogP contribution >= 0.6 is 15.9 Å². The maximum Gasteiger partial charge on any atom is 0.272 e. The average molecular weight is 541 g/mol. The van der Waals surface area contributed by atoms with Crippen LogP contribution in [0.25, 0.3) is 10.8 Å². The molecule has 1 N–H and O–H groups in total. The Morgan fingerprint density at radius 1 is 1.03 bits per heavy atom. The van der Waals surface area contributed by atoms with E-state index in [1.165, 1.54) is 11.0 Å². The van der Waals surface area contributed by atoms with Gasteiger partial charge in [0, 0.05) is 50.4 Å². The monoisotopic (exact) mass is 540 g/mol. The molecule has 1 amide bonds. The van der Waals surface area contributed by atoms with Crippen molar-refractivity contribution in [1.82, 2.24) is 25.1 Å². The fourth-order valence-electron chi connectivity index (χ4n) is 4.15. The number of nitrogens with zero attached hydrogens (tertiary/aromatic N) is 5. The third-order valence-corrected chi connectivity index (χ3v) is 6.33. The van der Waals surface area contributed by atoms with Gasteiger partial charge in [-0.05, 0) is 39.7 Å². The van der Waals surface area contributed by atoms with E-state index in [9.17, 15) is 18.4 Å². The molecule has 11 heteroatoms. The molecule has 0 radical (unpaired) electrons. The van der Waals surface area contributed by atoms with Gasteiger partial charge in [0.15, 0.2) is 11.6 Å². The van der Waals surface area contributed by atoms with Gasteiger partial charge in [-0.25, -0.2) is 23.8 Å². The Labute approximate surface area is 206 Å². The van der Waals surface area contributed by atoms with E-state index < -0.39 is 17.5 Å². The maximum atomic E-state index is 14.7. The topological polar surface area (TPSA) is 95.1 Å². The van der Waals surface area contributed by atoms with Gasteiger partial charge in [0.1, 0.15) is 0 Å². The molecular weight excluding hydrogens is 522 g/mol. The number of aromatic amines is 1. The van der Waals surface area contributed by atoms with Crippen LogP contribution < -0.4 is 10.5 Å². The highest BCUT2D eigenvalue weighted by Crippen LogP contribution is 2.22. The molecule has 1 saturated heterocycles. The van der Waals surface area contributed by atoms with Crippen molar-refractivity contribution in [3.63, 3.8) is 0 Å². The second-order valence-corrected chi connectivity index (χ2v) is 9.06. The highest BCUT2D eigenvalue weighted by molar-refractivity contribution is 9.10. The third kappa shape index (κ3) is 4.63. The smallest absolute Gasteiger partial charge is 0.272 e. The van der Waals surface area contributed by atoms with E-state index in [2.05, 4.69) is 36.1 Å². The summed E-state index contributed by atoms with van der Waals surface area (Å²) in [7, 11) is 0. The van der Waals surface area contributed by atoms with Crippen LogP contribution in [0.15, 0.2) is 58.1 Å². The lowest BCUT2D eigenvalue weighted by Crippen LogP contribution is -2.49. The van der Waals surface area contributed by atoms with Gasteiger partial charge < -0.3 is 9.80 Å². The number of piperazine rings is 1. The molecule has 4 aromatic rings. The molecule has 0 atom stereocenters. The Kier molecular flexibility index (Phi) is 6.25. The van der Waals surface area contributed by atoms with Crippen molar-refractivity contribution in [2.24, 2.45) is 0 Å². The summed E-state index contributed by atoms with van der Waals surface area (Å²) in [5.74, 6) is -2.34.